The third kappa shape index (κ3) is 6.06. The maximum Gasteiger partial charge on any atom is 0.305 e. The molecule has 200 valence electrons. The number of carboxylic acids is 1. The van der Waals surface area contributed by atoms with Crippen molar-refractivity contribution in [2.75, 3.05) is 6.54 Å². The number of nitrogens with zero attached hydrogens (tertiary/aromatic N) is 2. The molecule has 0 spiro atoms. The first-order valence-corrected chi connectivity index (χ1v) is 13.5. The summed E-state index contributed by atoms with van der Waals surface area (Å²) in [6, 6.07) is 14.4. The number of benzene rings is 2. The predicted molar refractivity (Wildman–Crippen MR) is 154 cm³/mol. The van der Waals surface area contributed by atoms with E-state index in [2.05, 4.69) is 22.8 Å². The zero-order chi connectivity index (χ0) is 27.7. The Morgan fingerprint density at radius 2 is 1.79 bits per heavy atom. The lowest BCUT2D eigenvalue weighted by atomic mass is 9.98. The molecule has 0 bridgehead atoms. The summed E-state index contributed by atoms with van der Waals surface area (Å²) in [5.41, 5.74) is 4.73. The number of halogens is 3. The summed E-state index contributed by atoms with van der Waals surface area (Å²) in [6.45, 7) is 2.10. The van der Waals surface area contributed by atoms with Crippen LogP contribution in [0, 0.1) is 5.92 Å². The molecular formula is C29H25Cl3N4O3. The molecule has 0 radical (unpaired) electrons. The molecule has 2 heterocycles. The minimum Gasteiger partial charge on any atom is -0.481 e. The van der Waals surface area contributed by atoms with Crippen molar-refractivity contribution in [2.24, 2.45) is 5.92 Å². The average Bonchev–Trinajstić information content (AvgIpc) is 3.52. The van der Waals surface area contributed by atoms with Crippen molar-refractivity contribution in [2.45, 2.75) is 25.4 Å². The van der Waals surface area contributed by atoms with E-state index in [1.54, 1.807) is 18.2 Å². The van der Waals surface area contributed by atoms with Gasteiger partial charge < -0.3 is 15.7 Å². The Balaban J connectivity index is 1.47. The Bertz CT molecular complexity index is 1500. The lowest BCUT2D eigenvalue weighted by molar-refractivity contribution is -0.136. The number of carboxylic acid groups (broad SMARTS) is 1. The smallest absolute Gasteiger partial charge is 0.305 e. The number of aromatic nitrogens is 2. The Kier molecular flexibility index (Phi) is 7.84. The number of aliphatic carboxylic acids is 1. The second-order valence-electron chi connectivity index (χ2n) is 9.45. The highest BCUT2D eigenvalue weighted by atomic mass is 35.5. The summed E-state index contributed by atoms with van der Waals surface area (Å²) in [6.07, 6.45) is 8.02. The van der Waals surface area contributed by atoms with Crippen LogP contribution in [-0.2, 0) is 4.79 Å². The van der Waals surface area contributed by atoms with Crippen molar-refractivity contribution < 1.29 is 14.7 Å². The van der Waals surface area contributed by atoms with Gasteiger partial charge in [-0.3, -0.25) is 14.3 Å². The topological polar surface area (TPSA) is 96.3 Å². The van der Waals surface area contributed by atoms with E-state index < -0.39 is 5.97 Å². The molecule has 1 aliphatic heterocycles. The monoisotopic (exact) mass is 582 g/mol. The van der Waals surface area contributed by atoms with Crippen LogP contribution in [0.5, 0.6) is 0 Å². The van der Waals surface area contributed by atoms with E-state index >= 15 is 0 Å². The van der Waals surface area contributed by atoms with E-state index in [0.29, 0.717) is 20.6 Å². The fraction of sp³-hybridized carbons (Fsp3) is 0.207. The van der Waals surface area contributed by atoms with Gasteiger partial charge in [0.25, 0.3) is 5.91 Å². The first-order valence-electron chi connectivity index (χ1n) is 12.4. The normalized spacial score (nSPS) is 18.6. The predicted octanol–water partition coefficient (Wildman–Crippen LogP) is 6.29. The maximum absolute atomic E-state index is 12.4. The molecule has 5 rings (SSSR count). The molecule has 2 aliphatic rings. The lowest BCUT2D eigenvalue weighted by Gasteiger charge is -2.19. The highest BCUT2D eigenvalue weighted by Gasteiger charge is 2.29. The van der Waals surface area contributed by atoms with Gasteiger partial charge in [-0.05, 0) is 67.1 Å². The standard InChI is InChI=1S/C29H25Cl3N4O3/c1-16(17-2-4-18(5-3-17)29(39)33-9-8-28(37)38)36-27(26-12-19-6-7-21(30)14-24(19)34-26)15-25(35-36)20-10-22(31)13-23(32)11-20/h2-7,10-16,19,24,34H,8-9H2,1H3,(H,33,39)(H,37,38). The van der Waals surface area contributed by atoms with Gasteiger partial charge in [0.05, 0.1) is 35.6 Å². The summed E-state index contributed by atoms with van der Waals surface area (Å²) in [4.78, 5) is 23.1. The van der Waals surface area contributed by atoms with Crippen LogP contribution < -0.4 is 10.6 Å². The minimum absolute atomic E-state index is 0.0548. The van der Waals surface area contributed by atoms with Crippen molar-refractivity contribution in [1.82, 2.24) is 20.4 Å². The molecule has 1 aliphatic carbocycles. The van der Waals surface area contributed by atoms with Crippen molar-refractivity contribution in [3.8, 4) is 11.3 Å². The van der Waals surface area contributed by atoms with Crippen molar-refractivity contribution >= 4 is 52.4 Å². The summed E-state index contributed by atoms with van der Waals surface area (Å²) >= 11 is 18.8. The molecule has 3 N–H and O–H groups in total. The third-order valence-corrected chi connectivity index (χ3v) is 7.42. The van der Waals surface area contributed by atoms with Crippen LogP contribution in [0.3, 0.4) is 0 Å². The van der Waals surface area contributed by atoms with Crippen LogP contribution in [0.1, 0.15) is 41.0 Å². The van der Waals surface area contributed by atoms with Crippen molar-refractivity contribution in [3.05, 3.63) is 105 Å². The highest BCUT2D eigenvalue weighted by molar-refractivity contribution is 6.35. The Morgan fingerprint density at radius 3 is 2.49 bits per heavy atom. The van der Waals surface area contributed by atoms with Crippen molar-refractivity contribution in [1.29, 1.82) is 0 Å². The molecule has 0 saturated carbocycles. The van der Waals surface area contributed by atoms with Gasteiger partial charge in [0.1, 0.15) is 0 Å². The van der Waals surface area contributed by atoms with Gasteiger partial charge in [-0.2, -0.15) is 5.10 Å². The maximum atomic E-state index is 12.4. The third-order valence-electron chi connectivity index (χ3n) is 6.73. The quantitative estimate of drug-likeness (QED) is 0.290. The summed E-state index contributed by atoms with van der Waals surface area (Å²) in [5.74, 6) is -1.11. The molecule has 0 fully saturated rings. The van der Waals surface area contributed by atoms with Crippen LogP contribution in [0.15, 0.2) is 77.9 Å². The molecule has 3 atom stereocenters. The number of fused-ring (bicyclic) bond motifs is 1. The van der Waals surface area contributed by atoms with Crippen LogP contribution in [0.2, 0.25) is 10.0 Å². The first-order chi connectivity index (χ1) is 18.7. The van der Waals surface area contributed by atoms with E-state index in [1.165, 1.54) is 0 Å². The number of amides is 1. The molecule has 0 saturated heterocycles. The molecular weight excluding hydrogens is 559 g/mol. The number of carbonyl (C=O) groups excluding carboxylic acids is 1. The molecule has 1 aromatic heterocycles. The molecule has 39 heavy (non-hydrogen) atoms. The lowest BCUT2D eigenvalue weighted by Crippen LogP contribution is -2.27. The second-order valence-corrected chi connectivity index (χ2v) is 10.8. The first kappa shape index (κ1) is 27.1. The van der Waals surface area contributed by atoms with Gasteiger partial charge >= 0.3 is 5.97 Å². The Labute approximate surface area is 240 Å². The van der Waals surface area contributed by atoms with E-state index in [1.807, 2.05) is 54.1 Å². The van der Waals surface area contributed by atoms with Crippen LogP contribution in [-0.4, -0.2) is 39.4 Å². The van der Waals surface area contributed by atoms with E-state index in [-0.39, 0.29) is 36.9 Å². The van der Waals surface area contributed by atoms with Crippen LogP contribution in [0.25, 0.3) is 17.0 Å². The summed E-state index contributed by atoms with van der Waals surface area (Å²) in [7, 11) is 0. The molecule has 1 amide bonds. The van der Waals surface area contributed by atoms with Crippen LogP contribution in [0.4, 0.5) is 0 Å². The molecule has 10 heteroatoms. The fourth-order valence-corrected chi connectivity index (χ4v) is 5.44. The van der Waals surface area contributed by atoms with Gasteiger partial charge in [-0.15, -0.1) is 0 Å². The largest absolute Gasteiger partial charge is 0.481 e. The second kappa shape index (κ2) is 11.3. The average molecular weight is 584 g/mol. The van der Waals surface area contributed by atoms with Gasteiger partial charge in [0.15, 0.2) is 0 Å². The highest BCUT2D eigenvalue weighted by Crippen LogP contribution is 2.35. The molecule has 3 unspecified atom stereocenters. The molecule has 3 aromatic rings. The Hall–Kier alpha value is -3.52. The number of hydrogen-bond acceptors (Lipinski definition) is 4. The molecule has 7 nitrogen and oxygen atoms in total. The number of carbonyl (C=O) groups is 2. The zero-order valence-corrected chi connectivity index (χ0v) is 23.1. The fourth-order valence-electron chi connectivity index (χ4n) is 4.71. The van der Waals surface area contributed by atoms with E-state index in [0.717, 1.165) is 28.2 Å². The number of rotatable bonds is 8. The Morgan fingerprint density at radius 1 is 1.08 bits per heavy atom. The van der Waals surface area contributed by atoms with Gasteiger partial charge in [0, 0.05) is 38.7 Å². The van der Waals surface area contributed by atoms with Crippen LogP contribution >= 0.6 is 34.8 Å². The summed E-state index contributed by atoms with van der Waals surface area (Å²) < 4.78 is 1.94. The van der Waals surface area contributed by atoms with Crippen molar-refractivity contribution in [3.63, 3.8) is 0 Å². The SMILES string of the molecule is CC(c1ccc(C(=O)NCCC(=O)O)cc1)n1nc(-c2cc(Cl)cc(Cl)c2)cc1C1=CC2C=CC(Cl)=CC2N1. The number of nitrogens with one attached hydrogen (secondary N) is 2. The zero-order valence-electron chi connectivity index (χ0n) is 20.9. The minimum atomic E-state index is -0.963. The van der Waals surface area contributed by atoms with E-state index in [4.69, 9.17) is 45.0 Å². The number of allylic oxidation sites excluding steroid dienone is 2. The van der Waals surface area contributed by atoms with E-state index in [9.17, 15) is 9.59 Å². The molecule has 2 aromatic carbocycles. The summed E-state index contributed by atoms with van der Waals surface area (Å²) in [5, 5.41) is 21.7. The van der Waals surface area contributed by atoms with Gasteiger partial charge in [-0.25, -0.2) is 0 Å². The van der Waals surface area contributed by atoms with Gasteiger partial charge in [-0.1, -0.05) is 53.0 Å². The number of hydrogen-bond donors (Lipinski definition) is 3. The van der Waals surface area contributed by atoms with Gasteiger partial charge in [0.2, 0.25) is 0 Å².